The number of nitrogens with one attached hydrogen (secondary N) is 2. The fourth-order valence-electron chi connectivity index (χ4n) is 3.53. The molecule has 0 saturated heterocycles. The molecule has 1 aliphatic carbocycles. The summed E-state index contributed by atoms with van der Waals surface area (Å²) in [4.78, 5) is 12.1. The number of para-hydroxylation sites is 1. The summed E-state index contributed by atoms with van der Waals surface area (Å²) in [6.45, 7) is 3.21. The fourth-order valence-corrected chi connectivity index (χ4v) is 3.53. The molecule has 0 radical (unpaired) electrons. The van der Waals surface area contributed by atoms with Crippen LogP contribution in [0.2, 0.25) is 0 Å². The van der Waals surface area contributed by atoms with Crippen LogP contribution in [0.3, 0.4) is 0 Å². The van der Waals surface area contributed by atoms with Gasteiger partial charge in [-0.3, -0.25) is 4.79 Å². The lowest BCUT2D eigenvalue weighted by Gasteiger charge is -2.38. The number of aliphatic hydroxyl groups is 1. The van der Waals surface area contributed by atoms with E-state index in [0.717, 1.165) is 18.7 Å². The van der Waals surface area contributed by atoms with Gasteiger partial charge in [0.1, 0.15) is 0 Å². The van der Waals surface area contributed by atoms with Crippen LogP contribution in [0, 0.1) is 5.41 Å². The van der Waals surface area contributed by atoms with Crippen molar-refractivity contribution < 1.29 is 9.90 Å². The molecule has 2 rings (SSSR count). The fraction of sp³-hybridized carbons (Fsp3) is 0.632. The zero-order chi connectivity index (χ0) is 16.5. The highest BCUT2D eigenvalue weighted by molar-refractivity contribution is 5.90. The van der Waals surface area contributed by atoms with E-state index in [1.165, 1.54) is 32.1 Å². The van der Waals surface area contributed by atoms with Gasteiger partial charge in [0.15, 0.2) is 0 Å². The van der Waals surface area contributed by atoms with Gasteiger partial charge >= 0.3 is 0 Å². The Morgan fingerprint density at radius 1 is 1.22 bits per heavy atom. The molecule has 1 aromatic carbocycles. The van der Waals surface area contributed by atoms with E-state index in [9.17, 15) is 9.90 Å². The van der Waals surface area contributed by atoms with Crippen LogP contribution in [-0.4, -0.2) is 30.2 Å². The Labute approximate surface area is 139 Å². The third-order valence-corrected chi connectivity index (χ3v) is 4.93. The standard InChI is InChI=1S/C19H30N2O2/c1-16(14-18(23)21-17-8-4-2-5-9-17)20-15-19(12-13-22)10-6-3-7-11-19/h2,4-5,8-9,16,20,22H,3,6-7,10-15H2,1H3,(H,21,23). The molecule has 1 aliphatic rings. The second-order valence-electron chi connectivity index (χ2n) is 6.93. The Bertz CT molecular complexity index is 464. The van der Waals surface area contributed by atoms with E-state index in [1.807, 2.05) is 30.3 Å². The maximum absolute atomic E-state index is 12.1. The van der Waals surface area contributed by atoms with Crippen molar-refractivity contribution >= 4 is 11.6 Å². The van der Waals surface area contributed by atoms with Crippen LogP contribution in [0.25, 0.3) is 0 Å². The summed E-state index contributed by atoms with van der Waals surface area (Å²) in [5.74, 6) is 0.0380. The molecule has 1 fully saturated rings. The van der Waals surface area contributed by atoms with Crippen LogP contribution in [0.5, 0.6) is 0 Å². The lowest BCUT2D eigenvalue weighted by Crippen LogP contribution is -2.41. The number of carbonyl (C=O) groups excluding carboxylic acids is 1. The Morgan fingerprint density at radius 3 is 2.57 bits per heavy atom. The van der Waals surface area contributed by atoms with Crippen molar-refractivity contribution in [2.24, 2.45) is 5.41 Å². The zero-order valence-corrected chi connectivity index (χ0v) is 14.2. The smallest absolute Gasteiger partial charge is 0.225 e. The topological polar surface area (TPSA) is 61.4 Å². The van der Waals surface area contributed by atoms with Crippen molar-refractivity contribution in [2.45, 2.75) is 57.9 Å². The molecule has 1 atom stereocenters. The quantitative estimate of drug-likeness (QED) is 0.689. The molecule has 128 valence electrons. The summed E-state index contributed by atoms with van der Waals surface area (Å²) in [6.07, 6.45) is 7.51. The molecule has 0 aromatic heterocycles. The summed E-state index contributed by atoms with van der Waals surface area (Å²) in [7, 11) is 0. The van der Waals surface area contributed by atoms with Gasteiger partial charge < -0.3 is 15.7 Å². The highest BCUT2D eigenvalue weighted by Gasteiger charge is 2.31. The number of rotatable bonds is 8. The molecule has 0 aliphatic heterocycles. The third kappa shape index (κ3) is 5.96. The Hall–Kier alpha value is -1.39. The molecule has 1 aromatic rings. The lowest BCUT2D eigenvalue weighted by atomic mass is 9.72. The normalized spacial score (nSPS) is 18.3. The molecule has 1 saturated carbocycles. The van der Waals surface area contributed by atoms with E-state index in [-0.39, 0.29) is 24.0 Å². The molecule has 0 bridgehead atoms. The molecular weight excluding hydrogens is 288 g/mol. The summed E-state index contributed by atoms with van der Waals surface area (Å²) in [5, 5.41) is 15.8. The van der Waals surface area contributed by atoms with Gasteiger partial charge in [-0.15, -0.1) is 0 Å². The van der Waals surface area contributed by atoms with Crippen LogP contribution >= 0.6 is 0 Å². The van der Waals surface area contributed by atoms with Gasteiger partial charge in [-0.2, -0.15) is 0 Å². The summed E-state index contributed by atoms with van der Waals surface area (Å²) < 4.78 is 0. The molecule has 3 N–H and O–H groups in total. The molecule has 4 nitrogen and oxygen atoms in total. The average Bonchev–Trinajstić information content (AvgIpc) is 2.55. The van der Waals surface area contributed by atoms with Gasteiger partial charge in [0.25, 0.3) is 0 Å². The van der Waals surface area contributed by atoms with Gasteiger partial charge in [-0.05, 0) is 43.7 Å². The van der Waals surface area contributed by atoms with Gasteiger partial charge in [-0.1, -0.05) is 37.5 Å². The predicted molar refractivity (Wildman–Crippen MR) is 94.4 cm³/mol. The third-order valence-electron chi connectivity index (χ3n) is 4.93. The first-order chi connectivity index (χ1) is 11.1. The minimum Gasteiger partial charge on any atom is -0.396 e. The summed E-state index contributed by atoms with van der Waals surface area (Å²) in [6, 6.07) is 9.70. The monoisotopic (exact) mass is 318 g/mol. The van der Waals surface area contributed by atoms with Crippen molar-refractivity contribution in [1.29, 1.82) is 0 Å². The highest BCUT2D eigenvalue weighted by atomic mass is 16.3. The first-order valence-electron chi connectivity index (χ1n) is 8.83. The molecule has 0 spiro atoms. The Kier molecular flexibility index (Phi) is 7.06. The SMILES string of the molecule is CC(CC(=O)Nc1ccccc1)NCC1(CCO)CCCCC1. The van der Waals surface area contributed by atoms with E-state index in [0.29, 0.717) is 6.42 Å². The first kappa shape index (κ1) is 18.0. The van der Waals surface area contributed by atoms with Crippen LogP contribution < -0.4 is 10.6 Å². The van der Waals surface area contributed by atoms with Crippen LogP contribution in [0.15, 0.2) is 30.3 Å². The summed E-state index contributed by atoms with van der Waals surface area (Å²) >= 11 is 0. The lowest BCUT2D eigenvalue weighted by molar-refractivity contribution is -0.116. The van der Waals surface area contributed by atoms with E-state index in [2.05, 4.69) is 17.6 Å². The average molecular weight is 318 g/mol. The predicted octanol–water partition coefficient (Wildman–Crippen LogP) is 3.33. The minimum atomic E-state index is 0.0380. The van der Waals surface area contributed by atoms with Crippen LogP contribution in [0.1, 0.15) is 51.9 Å². The number of amides is 1. The van der Waals surface area contributed by atoms with E-state index < -0.39 is 0 Å². The number of aliphatic hydroxyl groups excluding tert-OH is 1. The number of hydrogen-bond acceptors (Lipinski definition) is 3. The van der Waals surface area contributed by atoms with Gasteiger partial charge in [0, 0.05) is 31.3 Å². The zero-order valence-electron chi connectivity index (χ0n) is 14.2. The molecule has 1 unspecified atom stereocenters. The van der Waals surface area contributed by atoms with Crippen molar-refractivity contribution in [1.82, 2.24) is 5.32 Å². The minimum absolute atomic E-state index is 0.0380. The van der Waals surface area contributed by atoms with E-state index in [1.54, 1.807) is 0 Å². The second-order valence-corrected chi connectivity index (χ2v) is 6.93. The van der Waals surface area contributed by atoms with Crippen LogP contribution in [-0.2, 0) is 4.79 Å². The molecule has 4 heteroatoms. The Morgan fingerprint density at radius 2 is 1.91 bits per heavy atom. The first-order valence-corrected chi connectivity index (χ1v) is 8.83. The van der Waals surface area contributed by atoms with Crippen molar-refractivity contribution in [2.75, 3.05) is 18.5 Å². The molecule has 0 heterocycles. The Balaban J connectivity index is 1.77. The van der Waals surface area contributed by atoms with Gasteiger partial charge in [-0.25, -0.2) is 0 Å². The number of hydrogen-bond donors (Lipinski definition) is 3. The second kappa shape index (κ2) is 9.04. The van der Waals surface area contributed by atoms with E-state index >= 15 is 0 Å². The maximum atomic E-state index is 12.1. The number of benzene rings is 1. The molecular formula is C19H30N2O2. The largest absolute Gasteiger partial charge is 0.396 e. The highest BCUT2D eigenvalue weighted by Crippen LogP contribution is 2.38. The summed E-state index contributed by atoms with van der Waals surface area (Å²) in [5.41, 5.74) is 1.06. The number of carbonyl (C=O) groups is 1. The van der Waals surface area contributed by atoms with Crippen LogP contribution in [0.4, 0.5) is 5.69 Å². The van der Waals surface area contributed by atoms with Crippen molar-refractivity contribution in [3.8, 4) is 0 Å². The molecule has 1 amide bonds. The van der Waals surface area contributed by atoms with Crippen molar-refractivity contribution in [3.05, 3.63) is 30.3 Å². The number of anilines is 1. The van der Waals surface area contributed by atoms with Crippen molar-refractivity contribution in [3.63, 3.8) is 0 Å². The van der Waals surface area contributed by atoms with E-state index in [4.69, 9.17) is 0 Å². The maximum Gasteiger partial charge on any atom is 0.225 e. The van der Waals surface area contributed by atoms with Gasteiger partial charge in [0.05, 0.1) is 0 Å². The van der Waals surface area contributed by atoms with Gasteiger partial charge in [0.2, 0.25) is 5.91 Å². The molecule has 23 heavy (non-hydrogen) atoms.